The van der Waals surface area contributed by atoms with Crippen LogP contribution in [0.25, 0.3) is 0 Å². The summed E-state index contributed by atoms with van der Waals surface area (Å²) in [5, 5.41) is 0.425. The molecule has 2 rings (SSSR count). The first-order valence-corrected chi connectivity index (χ1v) is 8.69. The monoisotopic (exact) mass is 359 g/mol. The van der Waals surface area contributed by atoms with Crippen LogP contribution < -0.4 is 9.46 Å². The van der Waals surface area contributed by atoms with E-state index in [1.54, 1.807) is 32.2 Å². The molecule has 0 amide bonds. The van der Waals surface area contributed by atoms with Gasteiger partial charge in [-0.1, -0.05) is 35.3 Å². The molecule has 0 aliphatic heterocycles. The molecule has 1 N–H and O–H groups in total. The summed E-state index contributed by atoms with van der Waals surface area (Å²) in [5.74, 6) is 0.657. The van der Waals surface area contributed by atoms with Gasteiger partial charge in [0.2, 0.25) is 10.0 Å². The Labute approximate surface area is 140 Å². The minimum absolute atomic E-state index is 0.0450. The molecule has 7 heteroatoms. The van der Waals surface area contributed by atoms with E-state index in [-0.39, 0.29) is 9.92 Å². The second-order valence-corrected chi connectivity index (χ2v) is 7.22. The van der Waals surface area contributed by atoms with Crippen LogP contribution in [0.4, 0.5) is 0 Å². The first-order chi connectivity index (χ1) is 10.3. The van der Waals surface area contributed by atoms with E-state index in [2.05, 4.69) is 4.72 Å². The summed E-state index contributed by atoms with van der Waals surface area (Å²) < 4.78 is 32.6. The maximum absolute atomic E-state index is 12.5. The third kappa shape index (κ3) is 3.93. The predicted octanol–water partition coefficient (Wildman–Crippen LogP) is 4.04. The summed E-state index contributed by atoms with van der Waals surface area (Å²) in [6.45, 7) is 1.74. The molecule has 0 saturated carbocycles. The number of benzene rings is 2. The van der Waals surface area contributed by atoms with Gasteiger partial charge in [0.25, 0.3) is 0 Å². The van der Waals surface area contributed by atoms with Gasteiger partial charge in [-0.2, -0.15) is 0 Å². The van der Waals surface area contributed by atoms with Crippen LogP contribution in [0.15, 0.2) is 47.4 Å². The van der Waals surface area contributed by atoms with E-state index in [0.29, 0.717) is 10.8 Å². The minimum Gasteiger partial charge on any atom is -0.497 e. The lowest BCUT2D eigenvalue weighted by molar-refractivity contribution is 0.413. The zero-order valence-corrected chi connectivity index (χ0v) is 14.3. The van der Waals surface area contributed by atoms with Crippen LogP contribution in [0.1, 0.15) is 18.5 Å². The minimum atomic E-state index is -3.79. The highest BCUT2D eigenvalue weighted by Crippen LogP contribution is 2.27. The van der Waals surface area contributed by atoms with Gasteiger partial charge in [0, 0.05) is 11.1 Å². The Balaban J connectivity index is 2.29. The van der Waals surface area contributed by atoms with Crippen LogP contribution in [0.5, 0.6) is 5.75 Å². The van der Waals surface area contributed by atoms with Crippen molar-refractivity contribution in [3.63, 3.8) is 0 Å². The largest absolute Gasteiger partial charge is 0.497 e. The molecule has 0 aliphatic rings. The zero-order chi connectivity index (χ0) is 16.3. The number of sulfonamides is 1. The van der Waals surface area contributed by atoms with Gasteiger partial charge in [-0.25, -0.2) is 13.1 Å². The highest BCUT2D eigenvalue weighted by molar-refractivity contribution is 7.89. The second-order valence-electron chi connectivity index (χ2n) is 4.69. The number of nitrogens with one attached hydrogen (secondary N) is 1. The predicted molar refractivity (Wildman–Crippen MR) is 88.2 cm³/mol. The fourth-order valence-electron chi connectivity index (χ4n) is 1.96. The van der Waals surface area contributed by atoms with Crippen molar-refractivity contribution < 1.29 is 13.2 Å². The Morgan fingerprint density at radius 2 is 1.86 bits per heavy atom. The number of methoxy groups -OCH3 is 1. The zero-order valence-electron chi connectivity index (χ0n) is 12.0. The summed E-state index contributed by atoms with van der Waals surface area (Å²) in [5.41, 5.74) is 0.779. The van der Waals surface area contributed by atoms with Crippen LogP contribution in [0, 0.1) is 0 Å². The van der Waals surface area contributed by atoms with Crippen LogP contribution in [0.2, 0.25) is 10.0 Å². The summed E-state index contributed by atoms with van der Waals surface area (Å²) in [6, 6.07) is 11.0. The molecule has 2 aromatic rings. The summed E-state index contributed by atoms with van der Waals surface area (Å²) in [4.78, 5) is -0.0450. The molecule has 4 nitrogen and oxygen atoms in total. The van der Waals surface area contributed by atoms with Crippen LogP contribution in [0.3, 0.4) is 0 Å². The average molecular weight is 360 g/mol. The highest BCUT2D eigenvalue weighted by Gasteiger charge is 2.21. The Morgan fingerprint density at radius 1 is 1.14 bits per heavy atom. The third-order valence-electron chi connectivity index (χ3n) is 3.11. The van der Waals surface area contributed by atoms with E-state index >= 15 is 0 Å². The van der Waals surface area contributed by atoms with E-state index in [1.165, 1.54) is 18.2 Å². The van der Waals surface area contributed by atoms with Crippen molar-refractivity contribution in [3.05, 3.63) is 58.1 Å². The van der Waals surface area contributed by atoms with Crippen molar-refractivity contribution in [2.45, 2.75) is 17.9 Å². The van der Waals surface area contributed by atoms with Crippen LogP contribution >= 0.6 is 23.2 Å². The SMILES string of the molecule is COc1cccc(C(C)NS(=O)(=O)c2cc(Cl)ccc2Cl)c1. The number of ether oxygens (including phenoxy) is 1. The maximum Gasteiger partial charge on any atom is 0.242 e. The lowest BCUT2D eigenvalue weighted by Gasteiger charge is -2.16. The van der Waals surface area contributed by atoms with Crippen molar-refractivity contribution in [3.8, 4) is 5.75 Å². The first-order valence-electron chi connectivity index (χ1n) is 6.45. The molecule has 1 atom stereocenters. The molecule has 0 bridgehead atoms. The van der Waals surface area contributed by atoms with E-state index in [9.17, 15) is 8.42 Å². The van der Waals surface area contributed by atoms with Gasteiger partial charge < -0.3 is 4.74 Å². The Kier molecular flexibility index (Phi) is 5.34. The molecular weight excluding hydrogens is 345 g/mol. The highest BCUT2D eigenvalue weighted by atomic mass is 35.5. The lowest BCUT2D eigenvalue weighted by Crippen LogP contribution is -2.27. The van der Waals surface area contributed by atoms with Gasteiger partial charge in [0.15, 0.2) is 0 Å². The van der Waals surface area contributed by atoms with E-state index in [0.717, 1.165) is 5.56 Å². The smallest absolute Gasteiger partial charge is 0.242 e. The molecule has 0 aliphatic carbocycles. The maximum atomic E-state index is 12.5. The number of halogens is 2. The van der Waals surface area contributed by atoms with Crippen LogP contribution in [-0.4, -0.2) is 15.5 Å². The summed E-state index contributed by atoms with van der Waals surface area (Å²) >= 11 is 11.8. The fraction of sp³-hybridized carbons (Fsp3) is 0.200. The van der Waals surface area contributed by atoms with Gasteiger partial charge in [0.1, 0.15) is 10.6 Å². The number of hydrogen-bond acceptors (Lipinski definition) is 3. The fourth-order valence-corrected chi connectivity index (χ4v) is 3.95. The van der Waals surface area contributed by atoms with E-state index in [1.807, 2.05) is 6.07 Å². The van der Waals surface area contributed by atoms with E-state index in [4.69, 9.17) is 27.9 Å². The summed E-state index contributed by atoms with van der Waals surface area (Å²) in [6.07, 6.45) is 0. The van der Waals surface area contributed by atoms with Gasteiger partial charge in [-0.15, -0.1) is 0 Å². The van der Waals surface area contributed by atoms with Crippen molar-refractivity contribution in [1.82, 2.24) is 4.72 Å². The quantitative estimate of drug-likeness (QED) is 0.876. The Hall–Kier alpha value is -1.27. The Morgan fingerprint density at radius 3 is 2.55 bits per heavy atom. The van der Waals surface area contributed by atoms with Gasteiger partial charge in [-0.05, 0) is 42.8 Å². The third-order valence-corrected chi connectivity index (χ3v) is 5.37. The molecular formula is C15H15Cl2NO3S. The molecule has 0 saturated heterocycles. The molecule has 2 aromatic carbocycles. The molecule has 0 radical (unpaired) electrons. The number of hydrogen-bond donors (Lipinski definition) is 1. The normalized spacial score (nSPS) is 12.9. The standard InChI is InChI=1S/C15H15Cl2NO3S/c1-10(11-4-3-5-13(8-11)21-2)18-22(19,20)15-9-12(16)6-7-14(15)17/h3-10,18H,1-2H3. The van der Waals surface area contributed by atoms with Crippen molar-refractivity contribution in [2.75, 3.05) is 7.11 Å². The molecule has 118 valence electrons. The molecule has 1 unspecified atom stereocenters. The molecule has 0 aromatic heterocycles. The topological polar surface area (TPSA) is 55.4 Å². The number of rotatable bonds is 5. The lowest BCUT2D eigenvalue weighted by atomic mass is 10.1. The van der Waals surface area contributed by atoms with Crippen molar-refractivity contribution in [2.24, 2.45) is 0 Å². The molecule has 0 spiro atoms. The first kappa shape index (κ1) is 17.1. The van der Waals surface area contributed by atoms with Crippen LogP contribution in [-0.2, 0) is 10.0 Å². The van der Waals surface area contributed by atoms with Gasteiger partial charge in [0.05, 0.1) is 12.1 Å². The molecule has 22 heavy (non-hydrogen) atoms. The second kappa shape index (κ2) is 6.87. The Bertz CT molecular complexity index is 778. The van der Waals surface area contributed by atoms with Crippen molar-refractivity contribution in [1.29, 1.82) is 0 Å². The van der Waals surface area contributed by atoms with E-state index < -0.39 is 16.1 Å². The van der Waals surface area contributed by atoms with Gasteiger partial charge in [-0.3, -0.25) is 0 Å². The van der Waals surface area contributed by atoms with Crippen molar-refractivity contribution >= 4 is 33.2 Å². The van der Waals surface area contributed by atoms with Gasteiger partial charge >= 0.3 is 0 Å². The molecule has 0 heterocycles. The average Bonchev–Trinajstić information content (AvgIpc) is 2.49. The molecule has 0 fully saturated rings. The summed E-state index contributed by atoms with van der Waals surface area (Å²) in [7, 11) is -2.23.